The van der Waals surface area contributed by atoms with E-state index in [0.29, 0.717) is 6.61 Å². The van der Waals surface area contributed by atoms with Crippen molar-refractivity contribution in [3.8, 4) is 29.1 Å². The summed E-state index contributed by atoms with van der Waals surface area (Å²) < 4.78 is 25.4. The first-order valence-corrected chi connectivity index (χ1v) is 17.6. The molecule has 2 aromatic rings. The summed E-state index contributed by atoms with van der Waals surface area (Å²) in [5.74, 6) is 5.74. The highest BCUT2D eigenvalue weighted by atomic mass is 32.2. The second kappa shape index (κ2) is 14.8. The van der Waals surface area contributed by atoms with Gasteiger partial charge >= 0.3 is 0 Å². The lowest BCUT2D eigenvalue weighted by Gasteiger charge is -2.39. The standard InChI is InChI=1S/C35H45NO4S2/c1-4-5-17-39-31-13-11-25(21-32(31)38-3)20-26-23-35(24-36,16-15-29(26)34-41-18-8-19-42-34)27-12-14-30(37-2)33(22-27)40-28-9-6-7-10-28/h11-14,21-22,26,28H,4-10,15-20,23H2,1-3H3. The number of thioether (sulfide) groups is 2. The number of methoxy groups -OCH3 is 2. The Labute approximate surface area is 260 Å². The van der Waals surface area contributed by atoms with Gasteiger partial charge in [-0.2, -0.15) is 5.26 Å². The maximum absolute atomic E-state index is 10.8. The molecule has 1 aliphatic heterocycles. The molecular formula is C35H45NO4S2. The molecule has 7 heteroatoms. The van der Waals surface area contributed by atoms with Gasteiger partial charge in [-0.05, 0) is 123 Å². The molecule has 226 valence electrons. The first-order chi connectivity index (χ1) is 20.6. The zero-order valence-electron chi connectivity index (χ0n) is 25.4. The number of rotatable bonds is 11. The van der Waals surface area contributed by atoms with Gasteiger partial charge in [0.2, 0.25) is 0 Å². The van der Waals surface area contributed by atoms with Crippen LogP contribution < -0.4 is 18.9 Å². The van der Waals surface area contributed by atoms with Crippen LogP contribution in [-0.2, 0) is 11.8 Å². The molecule has 5 nitrogen and oxygen atoms in total. The van der Waals surface area contributed by atoms with E-state index in [0.717, 1.165) is 79.9 Å². The van der Waals surface area contributed by atoms with Crippen molar-refractivity contribution in [1.82, 2.24) is 0 Å². The molecule has 0 spiro atoms. The van der Waals surface area contributed by atoms with Crippen LogP contribution in [0.15, 0.2) is 46.2 Å². The van der Waals surface area contributed by atoms with Gasteiger partial charge in [-0.15, -0.1) is 23.5 Å². The van der Waals surface area contributed by atoms with E-state index in [4.69, 9.17) is 18.9 Å². The molecule has 1 saturated heterocycles. The smallest absolute Gasteiger partial charge is 0.161 e. The van der Waals surface area contributed by atoms with Crippen LogP contribution in [0.1, 0.15) is 82.3 Å². The maximum atomic E-state index is 10.8. The Kier molecular flexibility index (Phi) is 11.0. The van der Waals surface area contributed by atoms with Crippen LogP contribution in [0, 0.1) is 17.2 Å². The number of nitrogens with zero attached hydrogens (tertiary/aromatic N) is 1. The van der Waals surface area contributed by atoms with Crippen LogP contribution in [0.2, 0.25) is 0 Å². The Bertz CT molecular complexity index is 1270. The van der Waals surface area contributed by atoms with Crippen LogP contribution in [0.25, 0.3) is 0 Å². The van der Waals surface area contributed by atoms with Crippen molar-refractivity contribution in [3.63, 3.8) is 0 Å². The van der Waals surface area contributed by atoms with E-state index >= 15 is 0 Å². The summed E-state index contributed by atoms with van der Waals surface area (Å²) in [4.78, 5) is 0. The van der Waals surface area contributed by atoms with Crippen molar-refractivity contribution >= 4 is 23.5 Å². The number of allylic oxidation sites excluding steroid dienone is 1. The van der Waals surface area contributed by atoms with Crippen molar-refractivity contribution in [3.05, 3.63) is 57.3 Å². The van der Waals surface area contributed by atoms with Gasteiger partial charge in [-0.1, -0.05) is 25.5 Å². The average Bonchev–Trinajstić information content (AvgIpc) is 3.55. The van der Waals surface area contributed by atoms with Crippen molar-refractivity contribution in [2.24, 2.45) is 5.92 Å². The lowest BCUT2D eigenvalue weighted by molar-refractivity contribution is 0.200. The highest BCUT2D eigenvalue weighted by Crippen LogP contribution is 2.51. The predicted molar refractivity (Wildman–Crippen MR) is 174 cm³/mol. The zero-order valence-corrected chi connectivity index (χ0v) is 27.0. The van der Waals surface area contributed by atoms with Gasteiger partial charge in [0, 0.05) is 4.24 Å². The largest absolute Gasteiger partial charge is 0.493 e. The number of hydrogen-bond acceptors (Lipinski definition) is 7. The van der Waals surface area contributed by atoms with E-state index in [-0.39, 0.29) is 12.0 Å². The Morgan fingerprint density at radius 2 is 1.69 bits per heavy atom. The van der Waals surface area contributed by atoms with Crippen molar-refractivity contribution in [2.45, 2.75) is 89.1 Å². The highest BCUT2D eigenvalue weighted by molar-refractivity contribution is 8.22. The van der Waals surface area contributed by atoms with Gasteiger partial charge in [-0.3, -0.25) is 0 Å². The third-order valence-corrected chi connectivity index (χ3v) is 11.7. The minimum Gasteiger partial charge on any atom is -0.493 e. The third-order valence-electron chi connectivity index (χ3n) is 8.92. The van der Waals surface area contributed by atoms with Crippen molar-refractivity contribution < 1.29 is 18.9 Å². The molecule has 2 atom stereocenters. The molecule has 1 heterocycles. The molecule has 2 saturated carbocycles. The first kappa shape index (κ1) is 31.0. The zero-order chi connectivity index (χ0) is 29.4. The van der Waals surface area contributed by atoms with Crippen LogP contribution in [0.5, 0.6) is 23.0 Å². The summed E-state index contributed by atoms with van der Waals surface area (Å²) in [7, 11) is 3.41. The molecule has 0 bridgehead atoms. The Balaban J connectivity index is 1.45. The van der Waals surface area contributed by atoms with Crippen LogP contribution in [0.3, 0.4) is 0 Å². The van der Waals surface area contributed by atoms with Gasteiger partial charge in [-0.25, -0.2) is 0 Å². The number of hydrogen-bond donors (Lipinski definition) is 0. The van der Waals surface area contributed by atoms with Crippen LogP contribution in [-0.4, -0.2) is 38.4 Å². The minimum absolute atomic E-state index is 0.229. The van der Waals surface area contributed by atoms with Gasteiger partial charge < -0.3 is 18.9 Å². The van der Waals surface area contributed by atoms with Crippen molar-refractivity contribution in [2.75, 3.05) is 32.3 Å². The summed E-state index contributed by atoms with van der Waals surface area (Å²) in [5.41, 5.74) is 3.23. The molecule has 2 unspecified atom stereocenters. The lowest BCUT2D eigenvalue weighted by atomic mass is 9.64. The van der Waals surface area contributed by atoms with E-state index in [1.54, 1.807) is 14.2 Å². The third kappa shape index (κ3) is 7.19. The molecule has 2 aliphatic carbocycles. The van der Waals surface area contributed by atoms with Gasteiger partial charge in [0.1, 0.15) is 0 Å². The SMILES string of the molecule is CCCCOc1ccc(CC2CC(C#N)(c3ccc(OC)c(OC4CCCC4)c3)CCC2=C2SCCCS2)cc1OC. The molecule has 5 rings (SSSR count). The van der Waals surface area contributed by atoms with E-state index in [2.05, 4.69) is 43.3 Å². The molecule has 3 fully saturated rings. The summed E-state index contributed by atoms with van der Waals surface area (Å²) in [5, 5.41) is 10.8. The van der Waals surface area contributed by atoms with Gasteiger partial charge in [0.15, 0.2) is 23.0 Å². The normalized spacial score (nSPS) is 23.0. The summed E-state index contributed by atoms with van der Waals surface area (Å²) in [6.45, 7) is 2.86. The van der Waals surface area contributed by atoms with E-state index in [1.165, 1.54) is 46.1 Å². The first-order valence-electron chi connectivity index (χ1n) is 15.6. The van der Waals surface area contributed by atoms with Crippen molar-refractivity contribution in [1.29, 1.82) is 5.26 Å². The fraction of sp³-hybridized carbons (Fsp3) is 0.571. The Morgan fingerprint density at radius 3 is 2.40 bits per heavy atom. The van der Waals surface area contributed by atoms with Gasteiger partial charge in [0.25, 0.3) is 0 Å². The monoisotopic (exact) mass is 607 g/mol. The van der Waals surface area contributed by atoms with Crippen LogP contribution in [0.4, 0.5) is 0 Å². The molecule has 2 aromatic carbocycles. The fourth-order valence-corrected chi connectivity index (χ4v) is 9.40. The van der Waals surface area contributed by atoms with E-state index < -0.39 is 5.41 Å². The Morgan fingerprint density at radius 1 is 0.929 bits per heavy atom. The van der Waals surface area contributed by atoms with E-state index in [1.807, 2.05) is 29.6 Å². The molecule has 3 aliphatic rings. The number of benzene rings is 2. The summed E-state index contributed by atoms with van der Waals surface area (Å²) in [6.07, 6.45) is 11.6. The predicted octanol–water partition coefficient (Wildman–Crippen LogP) is 9.09. The maximum Gasteiger partial charge on any atom is 0.161 e. The topological polar surface area (TPSA) is 60.7 Å². The molecule has 0 aromatic heterocycles. The Hall–Kier alpha value is -2.43. The van der Waals surface area contributed by atoms with Crippen LogP contribution >= 0.6 is 23.5 Å². The van der Waals surface area contributed by atoms with E-state index in [9.17, 15) is 5.26 Å². The molecular weight excluding hydrogens is 563 g/mol. The summed E-state index contributed by atoms with van der Waals surface area (Å²) >= 11 is 4.02. The van der Waals surface area contributed by atoms with Gasteiger partial charge in [0.05, 0.1) is 38.4 Å². The second-order valence-electron chi connectivity index (χ2n) is 11.7. The molecule has 0 radical (unpaired) electrons. The molecule has 0 N–H and O–H groups in total. The number of nitriles is 1. The number of ether oxygens (including phenoxy) is 4. The quantitative estimate of drug-likeness (QED) is 0.236. The lowest BCUT2D eigenvalue weighted by Crippen LogP contribution is -2.34. The number of unbranched alkanes of at least 4 members (excludes halogenated alkanes) is 1. The minimum atomic E-state index is -0.577. The average molecular weight is 608 g/mol. The molecule has 42 heavy (non-hydrogen) atoms. The second-order valence-corrected chi connectivity index (χ2v) is 14.2. The molecule has 0 amide bonds. The highest BCUT2D eigenvalue weighted by Gasteiger charge is 2.42. The summed E-state index contributed by atoms with van der Waals surface area (Å²) in [6, 6.07) is 15.4. The fourth-order valence-electron chi connectivity index (χ4n) is 6.53.